The number of hydrogen-bond acceptors (Lipinski definition) is 2. The third-order valence-corrected chi connectivity index (χ3v) is 3.30. The second-order valence-electron chi connectivity index (χ2n) is 4.21. The van der Waals surface area contributed by atoms with Crippen LogP contribution in [0.25, 0.3) is 0 Å². The molecule has 1 aliphatic rings. The van der Waals surface area contributed by atoms with Gasteiger partial charge in [0, 0.05) is 5.41 Å². The van der Waals surface area contributed by atoms with E-state index in [1.165, 1.54) is 0 Å². The van der Waals surface area contributed by atoms with Gasteiger partial charge in [0.1, 0.15) is 5.75 Å². The van der Waals surface area contributed by atoms with Crippen molar-refractivity contribution < 1.29 is 9.50 Å². The van der Waals surface area contributed by atoms with Crippen molar-refractivity contribution >= 4 is 0 Å². The number of hydrogen-bond donors (Lipinski definition) is 2. The van der Waals surface area contributed by atoms with Crippen molar-refractivity contribution in [3.63, 3.8) is 0 Å². The molecule has 0 saturated carbocycles. The van der Waals surface area contributed by atoms with Gasteiger partial charge in [0.05, 0.1) is 6.67 Å². The third-order valence-electron chi connectivity index (χ3n) is 3.30. The van der Waals surface area contributed by atoms with Crippen LogP contribution in [0.4, 0.5) is 4.39 Å². The third kappa shape index (κ3) is 1.97. The maximum Gasteiger partial charge on any atom is 0.115 e. The van der Waals surface area contributed by atoms with E-state index in [1.54, 1.807) is 12.1 Å². The van der Waals surface area contributed by atoms with Crippen LogP contribution in [0.15, 0.2) is 24.3 Å². The van der Waals surface area contributed by atoms with Crippen LogP contribution >= 0.6 is 0 Å². The second-order valence-corrected chi connectivity index (χ2v) is 4.21. The van der Waals surface area contributed by atoms with Gasteiger partial charge in [0.2, 0.25) is 0 Å². The molecule has 0 aliphatic carbocycles. The van der Waals surface area contributed by atoms with Crippen LogP contribution < -0.4 is 5.32 Å². The monoisotopic (exact) mass is 209 g/mol. The van der Waals surface area contributed by atoms with Gasteiger partial charge in [0.25, 0.3) is 0 Å². The SMILES string of the molecule is Oc1ccc(C2(CF)CCNCC2)cc1. The Labute approximate surface area is 89.1 Å². The van der Waals surface area contributed by atoms with Crippen LogP contribution in [0, 0.1) is 0 Å². The minimum absolute atomic E-state index is 0.238. The lowest BCUT2D eigenvalue weighted by Gasteiger charge is -2.35. The zero-order valence-electron chi connectivity index (χ0n) is 8.67. The highest BCUT2D eigenvalue weighted by molar-refractivity contribution is 5.32. The Morgan fingerprint density at radius 3 is 2.33 bits per heavy atom. The van der Waals surface area contributed by atoms with Crippen molar-refractivity contribution in [3.05, 3.63) is 29.8 Å². The number of phenols is 1. The number of benzene rings is 1. The van der Waals surface area contributed by atoms with Crippen LogP contribution in [-0.4, -0.2) is 24.9 Å². The molecule has 3 heteroatoms. The fraction of sp³-hybridized carbons (Fsp3) is 0.500. The van der Waals surface area contributed by atoms with Gasteiger partial charge in [0.15, 0.2) is 0 Å². The van der Waals surface area contributed by atoms with E-state index in [4.69, 9.17) is 0 Å². The highest BCUT2D eigenvalue weighted by atomic mass is 19.1. The van der Waals surface area contributed by atoms with Crippen molar-refractivity contribution in [2.45, 2.75) is 18.3 Å². The fourth-order valence-corrected chi connectivity index (χ4v) is 2.22. The molecule has 15 heavy (non-hydrogen) atoms. The van der Waals surface area contributed by atoms with Gasteiger partial charge in [-0.15, -0.1) is 0 Å². The summed E-state index contributed by atoms with van der Waals surface area (Å²) in [6, 6.07) is 6.93. The summed E-state index contributed by atoms with van der Waals surface area (Å²) in [5, 5.41) is 12.4. The zero-order valence-corrected chi connectivity index (χ0v) is 8.67. The standard InChI is InChI=1S/C12H16FNO/c13-9-12(5-7-14-8-6-12)10-1-3-11(15)4-2-10/h1-4,14-15H,5-9H2. The van der Waals surface area contributed by atoms with E-state index >= 15 is 0 Å². The number of phenolic OH excluding ortho intramolecular Hbond substituents is 1. The molecular formula is C12H16FNO. The number of piperidine rings is 1. The van der Waals surface area contributed by atoms with Gasteiger partial charge in [-0.2, -0.15) is 0 Å². The van der Waals surface area contributed by atoms with Gasteiger partial charge < -0.3 is 10.4 Å². The van der Waals surface area contributed by atoms with Crippen LogP contribution in [0.1, 0.15) is 18.4 Å². The summed E-state index contributed by atoms with van der Waals surface area (Å²) in [5.74, 6) is 0.238. The molecule has 0 unspecified atom stereocenters. The summed E-state index contributed by atoms with van der Waals surface area (Å²) in [6.07, 6.45) is 1.66. The smallest absolute Gasteiger partial charge is 0.115 e. The van der Waals surface area contributed by atoms with Crippen LogP contribution in [-0.2, 0) is 5.41 Å². The van der Waals surface area contributed by atoms with Gasteiger partial charge in [-0.1, -0.05) is 12.1 Å². The summed E-state index contributed by atoms with van der Waals surface area (Å²) in [6.45, 7) is 1.41. The quantitative estimate of drug-likeness (QED) is 0.780. The van der Waals surface area contributed by atoms with Crippen molar-refractivity contribution in [2.75, 3.05) is 19.8 Å². The fourth-order valence-electron chi connectivity index (χ4n) is 2.22. The van der Waals surface area contributed by atoms with E-state index in [1.807, 2.05) is 12.1 Å². The average Bonchev–Trinajstić information content (AvgIpc) is 2.31. The minimum atomic E-state index is -0.334. The highest BCUT2D eigenvalue weighted by Gasteiger charge is 2.33. The maximum absolute atomic E-state index is 13.2. The summed E-state index contributed by atoms with van der Waals surface area (Å²) >= 11 is 0. The summed E-state index contributed by atoms with van der Waals surface area (Å²) in [7, 11) is 0. The van der Waals surface area contributed by atoms with Gasteiger partial charge in [-0.05, 0) is 43.6 Å². The molecule has 0 bridgehead atoms. The zero-order chi connectivity index (χ0) is 10.7. The lowest BCUT2D eigenvalue weighted by molar-refractivity contribution is 0.237. The van der Waals surface area contributed by atoms with E-state index in [0.717, 1.165) is 31.5 Å². The molecule has 2 N–H and O–H groups in total. The molecule has 2 nitrogen and oxygen atoms in total. The molecule has 0 atom stereocenters. The minimum Gasteiger partial charge on any atom is -0.508 e. The lowest BCUT2D eigenvalue weighted by Crippen LogP contribution is -2.41. The van der Waals surface area contributed by atoms with Crippen LogP contribution in [0.3, 0.4) is 0 Å². The number of halogens is 1. The van der Waals surface area contributed by atoms with Crippen LogP contribution in [0.2, 0.25) is 0 Å². The molecule has 1 aromatic rings. The normalized spacial score (nSPS) is 20.1. The van der Waals surface area contributed by atoms with Crippen molar-refractivity contribution in [1.29, 1.82) is 0 Å². The topological polar surface area (TPSA) is 32.3 Å². The molecule has 1 fully saturated rings. The summed E-state index contributed by atoms with van der Waals surface area (Å²) in [4.78, 5) is 0. The Kier molecular flexibility index (Phi) is 2.91. The number of aromatic hydroxyl groups is 1. The first-order valence-electron chi connectivity index (χ1n) is 5.33. The molecule has 0 aromatic heterocycles. The predicted molar refractivity (Wildman–Crippen MR) is 57.9 cm³/mol. The number of nitrogens with one attached hydrogen (secondary N) is 1. The Morgan fingerprint density at radius 2 is 1.80 bits per heavy atom. The first kappa shape index (κ1) is 10.4. The second kappa shape index (κ2) is 4.19. The van der Waals surface area contributed by atoms with E-state index < -0.39 is 0 Å². The van der Waals surface area contributed by atoms with Crippen LogP contribution in [0.5, 0.6) is 5.75 Å². The van der Waals surface area contributed by atoms with E-state index in [-0.39, 0.29) is 17.8 Å². The largest absolute Gasteiger partial charge is 0.508 e. The Morgan fingerprint density at radius 1 is 1.20 bits per heavy atom. The number of rotatable bonds is 2. The predicted octanol–water partition coefficient (Wildman–Crippen LogP) is 1.98. The first-order valence-corrected chi connectivity index (χ1v) is 5.33. The molecule has 1 saturated heterocycles. The molecule has 1 heterocycles. The van der Waals surface area contributed by atoms with Gasteiger partial charge in [-0.25, -0.2) is 0 Å². The molecule has 82 valence electrons. The highest BCUT2D eigenvalue weighted by Crippen LogP contribution is 2.34. The lowest BCUT2D eigenvalue weighted by atomic mass is 9.74. The van der Waals surface area contributed by atoms with E-state index in [2.05, 4.69) is 5.32 Å². The van der Waals surface area contributed by atoms with E-state index in [0.29, 0.717) is 0 Å². The Bertz CT molecular complexity index is 317. The molecule has 0 radical (unpaired) electrons. The van der Waals surface area contributed by atoms with Gasteiger partial charge in [-0.3, -0.25) is 4.39 Å². The Balaban J connectivity index is 2.28. The van der Waals surface area contributed by atoms with Crippen molar-refractivity contribution in [1.82, 2.24) is 5.32 Å². The summed E-state index contributed by atoms with van der Waals surface area (Å²) < 4.78 is 13.2. The summed E-state index contributed by atoms with van der Waals surface area (Å²) in [5.41, 5.74) is 0.670. The maximum atomic E-state index is 13.2. The molecule has 2 rings (SSSR count). The number of alkyl halides is 1. The molecular weight excluding hydrogens is 193 g/mol. The molecule has 0 amide bonds. The molecule has 0 spiro atoms. The van der Waals surface area contributed by atoms with Crippen molar-refractivity contribution in [2.24, 2.45) is 0 Å². The van der Waals surface area contributed by atoms with Crippen molar-refractivity contribution in [3.8, 4) is 5.75 Å². The van der Waals surface area contributed by atoms with Gasteiger partial charge >= 0.3 is 0 Å². The molecule has 1 aromatic carbocycles. The van der Waals surface area contributed by atoms with E-state index in [9.17, 15) is 9.50 Å². The first-order chi connectivity index (χ1) is 7.27. The molecule has 1 aliphatic heterocycles. The Hall–Kier alpha value is -1.09. The average molecular weight is 209 g/mol.